The summed E-state index contributed by atoms with van der Waals surface area (Å²) in [7, 11) is 0. The van der Waals surface area contributed by atoms with Crippen LogP contribution in [0.15, 0.2) is 29.3 Å². The van der Waals surface area contributed by atoms with Crippen molar-refractivity contribution in [2.75, 3.05) is 5.75 Å². The lowest BCUT2D eigenvalue weighted by atomic mass is 10.0. The minimum atomic E-state index is 0.243. The number of aryl methyl sites for hydroxylation is 1. The molecule has 1 aromatic carbocycles. The Morgan fingerprint density at radius 1 is 1.21 bits per heavy atom. The third-order valence-electron chi connectivity index (χ3n) is 4.29. The van der Waals surface area contributed by atoms with E-state index in [1.807, 2.05) is 11.8 Å². The Morgan fingerprint density at radius 3 is 2.58 bits per heavy atom. The molecule has 1 heterocycles. The summed E-state index contributed by atoms with van der Waals surface area (Å²) in [6.07, 6.45) is 5.37. The van der Waals surface area contributed by atoms with Crippen molar-refractivity contribution in [2.24, 2.45) is 4.99 Å². The highest BCUT2D eigenvalue weighted by molar-refractivity contribution is 8.14. The van der Waals surface area contributed by atoms with E-state index in [2.05, 4.69) is 43.4 Å². The van der Waals surface area contributed by atoms with Gasteiger partial charge in [-0.05, 0) is 32.3 Å². The predicted octanol–water partition coefficient (Wildman–Crippen LogP) is 4.06. The molecule has 1 atom stereocenters. The summed E-state index contributed by atoms with van der Waals surface area (Å²) in [4.78, 5) is 4.86. The molecule has 2 aliphatic rings. The van der Waals surface area contributed by atoms with Crippen LogP contribution in [-0.4, -0.2) is 16.5 Å². The van der Waals surface area contributed by atoms with Crippen molar-refractivity contribution in [2.45, 2.75) is 51.1 Å². The van der Waals surface area contributed by atoms with Crippen molar-refractivity contribution >= 4 is 16.9 Å². The highest BCUT2D eigenvalue weighted by Crippen LogP contribution is 2.38. The number of amidine groups is 1. The average molecular weight is 274 g/mol. The Bertz CT molecular complexity index is 472. The van der Waals surface area contributed by atoms with Crippen LogP contribution in [0.3, 0.4) is 0 Å². The zero-order chi connectivity index (χ0) is 13.3. The molecule has 0 aromatic heterocycles. The number of hydrogen-bond donors (Lipinski definition) is 1. The van der Waals surface area contributed by atoms with E-state index in [1.165, 1.54) is 42.6 Å². The summed E-state index contributed by atoms with van der Waals surface area (Å²) >= 11 is 1.90. The number of thioether (sulfide) groups is 1. The van der Waals surface area contributed by atoms with E-state index < -0.39 is 0 Å². The molecular weight excluding hydrogens is 252 g/mol. The van der Waals surface area contributed by atoms with Crippen LogP contribution >= 0.6 is 11.8 Å². The molecular formula is C16H22N2S. The minimum Gasteiger partial charge on any atom is -0.359 e. The second-order valence-electron chi connectivity index (χ2n) is 5.92. The van der Waals surface area contributed by atoms with E-state index in [4.69, 9.17) is 4.99 Å². The lowest BCUT2D eigenvalue weighted by molar-refractivity contribution is 0.452. The smallest absolute Gasteiger partial charge is 0.157 e. The molecule has 3 heteroatoms. The first-order valence-corrected chi connectivity index (χ1v) is 8.21. The number of aliphatic imine (C=N–C) groups is 1. The van der Waals surface area contributed by atoms with E-state index in [1.54, 1.807) is 0 Å². The molecule has 2 fully saturated rings. The Labute approximate surface area is 120 Å². The Balaban J connectivity index is 1.70. The molecule has 3 rings (SSSR count). The summed E-state index contributed by atoms with van der Waals surface area (Å²) in [6.45, 7) is 4.30. The van der Waals surface area contributed by atoms with Crippen LogP contribution < -0.4 is 5.32 Å². The Kier molecular flexibility index (Phi) is 3.57. The summed E-state index contributed by atoms with van der Waals surface area (Å²) in [6, 6.07) is 8.95. The number of benzene rings is 1. The molecule has 1 N–H and O–H groups in total. The largest absolute Gasteiger partial charge is 0.359 e. The number of nitrogens with zero attached hydrogens (tertiary/aromatic N) is 1. The van der Waals surface area contributed by atoms with Crippen LogP contribution in [0.1, 0.15) is 49.8 Å². The van der Waals surface area contributed by atoms with Crippen molar-refractivity contribution in [1.82, 2.24) is 5.32 Å². The van der Waals surface area contributed by atoms with E-state index in [0.29, 0.717) is 5.54 Å². The molecule has 1 aromatic rings. The Hall–Kier alpha value is -0.960. The number of hydrogen-bond acceptors (Lipinski definition) is 2. The second kappa shape index (κ2) is 5.20. The third kappa shape index (κ3) is 2.81. The molecule has 1 saturated carbocycles. The Morgan fingerprint density at radius 2 is 1.89 bits per heavy atom. The van der Waals surface area contributed by atoms with Gasteiger partial charge in [0.05, 0.1) is 6.04 Å². The van der Waals surface area contributed by atoms with Gasteiger partial charge in [-0.3, -0.25) is 4.99 Å². The number of nitrogens with one attached hydrogen (secondary N) is 1. The van der Waals surface area contributed by atoms with Gasteiger partial charge in [-0.1, -0.05) is 54.4 Å². The quantitative estimate of drug-likeness (QED) is 0.879. The minimum absolute atomic E-state index is 0.243. The SMILES string of the molecule is Cc1ccc(C(C)N=C2NC3(CCCC3)CS2)cc1. The van der Waals surface area contributed by atoms with Gasteiger partial charge in [0.15, 0.2) is 5.17 Å². The van der Waals surface area contributed by atoms with Gasteiger partial charge in [-0.2, -0.15) is 0 Å². The lowest BCUT2D eigenvalue weighted by Gasteiger charge is -2.22. The normalized spacial score (nSPS) is 24.8. The van der Waals surface area contributed by atoms with Gasteiger partial charge in [-0.15, -0.1) is 0 Å². The fourth-order valence-corrected chi connectivity index (χ4v) is 4.29. The van der Waals surface area contributed by atoms with Gasteiger partial charge in [0.25, 0.3) is 0 Å². The molecule has 1 aliphatic heterocycles. The molecule has 0 bridgehead atoms. The van der Waals surface area contributed by atoms with Crippen molar-refractivity contribution in [1.29, 1.82) is 0 Å². The van der Waals surface area contributed by atoms with Crippen LogP contribution in [-0.2, 0) is 0 Å². The topological polar surface area (TPSA) is 24.4 Å². The van der Waals surface area contributed by atoms with Crippen LogP contribution in [0.5, 0.6) is 0 Å². The van der Waals surface area contributed by atoms with Crippen molar-refractivity contribution in [3.05, 3.63) is 35.4 Å². The predicted molar refractivity (Wildman–Crippen MR) is 83.8 cm³/mol. The molecule has 1 unspecified atom stereocenters. The molecule has 1 saturated heterocycles. The summed E-state index contributed by atoms with van der Waals surface area (Å²) in [5.41, 5.74) is 2.98. The molecule has 1 spiro atoms. The molecule has 0 amide bonds. The first-order chi connectivity index (χ1) is 9.17. The fourth-order valence-electron chi connectivity index (χ4n) is 2.99. The maximum atomic E-state index is 4.86. The van der Waals surface area contributed by atoms with Gasteiger partial charge in [0.1, 0.15) is 0 Å². The van der Waals surface area contributed by atoms with Crippen molar-refractivity contribution in [3.63, 3.8) is 0 Å². The van der Waals surface area contributed by atoms with E-state index in [0.717, 1.165) is 5.17 Å². The zero-order valence-electron chi connectivity index (χ0n) is 11.8. The van der Waals surface area contributed by atoms with Crippen molar-refractivity contribution in [3.8, 4) is 0 Å². The van der Waals surface area contributed by atoms with Crippen molar-refractivity contribution < 1.29 is 0 Å². The first-order valence-electron chi connectivity index (χ1n) is 7.22. The van der Waals surface area contributed by atoms with Crippen LogP contribution in [0.4, 0.5) is 0 Å². The number of rotatable bonds is 2. The zero-order valence-corrected chi connectivity index (χ0v) is 12.6. The van der Waals surface area contributed by atoms with Gasteiger partial charge >= 0.3 is 0 Å². The molecule has 102 valence electrons. The van der Waals surface area contributed by atoms with E-state index in [-0.39, 0.29) is 6.04 Å². The molecule has 2 nitrogen and oxygen atoms in total. The van der Waals surface area contributed by atoms with Crippen LogP contribution in [0.2, 0.25) is 0 Å². The second-order valence-corrected chi connectivity index (χ2v) is 6.89. The fraction of sp³-hybridized carbons (Fsp3) is 0.562. The van der Waals surface area contributed by atoms with Gasteiger partial charge < -0.3 is 5.32 Å². The van der Waals surface area contributed by atoms with E-state index >= 15 is 0 Å². The lowest BCUT2D eigenvalue weighted by Crippen LogP contribution is -2.40. The average Bonchev–Trinajstić information content (AvgIpc) is 3.01. The maximum absolute atomic E-state index is 4.86. The monoisotopic (exact) mass is 274 g/mol. The molecule has 1 aliphatic carbocycles. The third-order valence-corrected chi connectivity index (χ3v) is 5.47. The van der Waals surface area contributed by atoms with Crippen LogP contribution in [0.25, 0.3) is 0 Å². The van der Waals surface area contributed by atoms with Crippen LogP contribution in [0, 0.1) is 6.92 Å². The first kappa shape index (κ1) is 13.0. The van der Waals surface area contributed by atoms with Gasteiger partial charge in [0, 0.05) is 11.3 Å². The summed E-state index contributed by atoms with van der Waals surface area (Å²) in [5, 5.41) is 4.84. The van der Waals surface area contributed by atoms with E-state index in [9.17, 15) is 0 Å². The summed E-state index contributed by atoms with van der Waals surface area (Å²) < 4.78 is 0. The molecule has 19 heavy (non-hydrogen) atoms. The van der Waals surface area contributed by atoms with Gasteiger partial charge in [0.2, 0.25) is 0 Å². The molecule has 0 radical (unpaired) electrons. The maximum Gasteiger partial charge on any atom is 0.157 e. The van der Waals surface area contributed by atoms with Gasteiger partial charge in [-0.25, -0.2) is 0 Å². The summed E-state index contributed by atoms with van der Waals surface area (Å²) in [5.74, 6) is 1.20. The highest BCUT2D eigenvalue weighted by atomic mass is 32.2. The standard InChI is InChI=1S/C16H22N2S/c1-12-5-7-14(8-6-12)13(2)17-15-18-16(11-19-15)9-3-4-10-16/h5-8,13H,3-4,9-11H2,1-2H3,(H,17,18). The highest BCUT2D eigenvalue weighted by Gasteiger charge is 2.39.